The normalized spacial score (nSPS) is 27.6. The minimum atomic E-state index is -2.91. The van der Waals surface area contributed by atoms with E-state index in [0.717, 1.165) is 0 Å². The molecule has 0 spiro atoms. The van der Waals surface area contributed by atoms with E-state index in [1.165, 1.54) is 13.3 Å². The van der Waals surface area contributed by atoms with E-state index in [0.29, 0.717) is 17.0 Å². The molecule has 2 aliphatic heterocycles. The Morgan fingerprint density at radius 2 is 1.65 bits per heavy atom. The van der Waals surface area contributed by atoms with Crippen molar-refractivity contribution in [1.29, 1.82) is 0 Å². The minimum absolute atomic E-state index is 0.132. The third-order valence-corrected chi connectivity index (χ3v) is 17.8. The highest BCUT2D eigenvalue weighted by Crippen LogP contribution is 2.48. The van der Waals surface area contributed by atoms with Gasteiger partial charge in [-0.25, -0.2) is 15.0 Å². The van der Waals surface area contributed by atoms with Crippen LogP contribution in [-0.4, -0.2) is 72.6 Å². The lowest BCUT2D eigenvalue weighted by Gasteiger charge is -2.51. The fourth-order valence-corrected chi connectivity index (χ4v) is 16.9. The van der Waals surface area contributed by atoms with Gasteiger partial charge in [0.2, 0.25) is 5.91 Å². The van der Waals surface area contributed by atoms with E-state index in [4.69, 9.17) is 17.7 Å². The van der Waals surface area contributed by atoms with Crippen molar-refractivity contribution >= 4 is 40.0 Å². The topological polar surface area (TPSA) is 130 Å². The van der Waals surface area contributed by atoms with Crippen LogP contribution in [0.4, 0.5) is 5.82 Å². The summed E-state index contributed by atoms with van der Waals surface area (Å²) >= 11 is 0. The molecule has 11 nitrogen and oxygen atoms in total. The molecule has 0 bridgehead atoms. The van der Waals surface area contributed by atoms with Crippen LogP contribution in [0.15, 0.2) is 12.7 Å². The molecule has 37 heavy (non-hydrogen) atoms. The summed E-state index contributed by atoms with van der Waals surface area (Å²) in [6, 6.07) is 0. The van der Waals surface area contributed by atoms with Crippen molar-refractivity contribution in [2.45, 2.75) is 109 Å². The zero-order valence-electron chi connectivity index (χ0n) is 23.3. The summed E-state index contributed by atoms with van der Waals surface area (Å²) in [4.78, 5) is 24.5. The van der Waals surface area contributed by atoms with E-state index in [2.05, 4.69) is 75.7 Å². The molecule has 206 valence electrons. The number of nitrogens with one attached hydrogen (secondary N) is 1. The number of aliphatic hydroxyl groups is 1. The number of imidazole rings is 1. The second kappa shape index (κ2) is 10.4. The van der Waals surface area contributed by atoms with Crippen LogP contribution in [0.5, 0.6) is 0 Å². The summed E-state index contributed by atoms with van der Waals surface area (Å²) in [5.41, 5.74) is 1.54. The average molecular weight is 552 g/mol. The van der Waals surface area contributed by atoms with Crippen molar-refractivity contribution in [2.24, 2.45) is 0 Å². The zero-order valence-corrected chi connectivity index (χ0v) is 25.3. The number of fused-ring (bicyclic) bond motifs is 2. The first-order valence-electron chi connectivity index (χ1n) is 13.1. The van der Waals surface area contributed by atoms with Gasteiger partial charge in [-0.15, -0.1) is 0 Å². The third kappa shape index (κ3) is 4.79. The molecule has 4 heterocycles. The maximum absolute atomic E-state index is 11.6. The summed E-state index contributed by atoms with van der Waals surface area (Å²) in [5.74, 6) is 0.0424. The maximum Gasteiger partial charge on any atom is 0.335 e. The summed E-state index contributed by atoms with van der Waals surface area (Å²) in [5, 5.41) is 14.3. The molecular weight excluding hydrogens is 510 g/mol. The molecule has 1 unspecified atom stereocenters. The van der Waals surface area contributed by atoms with Crippen molar-refractivity contribution < 1.29 is 27.6 Å². The van der Waals surface area contributed by atoms with Crippen LogP contribution in [0, 0.1) is 0 Å². The van der Waals surface area contributed by atoms with Gasteiger partial charge in [0.15, 0.2) is 23.2 Å². The lowest BCUT2D eigenvalue weighted by atomic mass is 10.1. The van der Waals surface area contributed by atoms with Gasteiger partial charge in [0.1, 0.15) is 24.6 Å². The number of carbonyl (C=O) groups is 1. The fourth-order valence-electron chi connectivity index (χ4n) is 5.66. The van der Waals surface area contributed by atoms with Crippen molar-refractivity contribution in [2.75, 3.05) is 11.9 Å². The second-order valence-electron chi connectivity index (χ2n) is 11.3. The number of hydrogen-bond acceptors (Lipinski definition) is 9. The smallest absolute Gasteiger partial charge is 0.335 e. The predicted molar refractivity (Wildman–Crippen MR) is 143 cm³/mol. The van der Waals surface area contributed by atoms with Crippen molar-refractivity contribution in [3.05, 3.63) is 12.7 Å². The SMILES string of the molecule is CC(=O)Nc1ncnc2c1ncn2[C@@H]1O[C@@H]2CO[Si](C(C)C)(C(C)C)O[Si](C(C)C)(C(C)C)O[C@@H]2C1O. The highest BCUT2D eigenvalue weighted by atomic mass is 28.5. The van der Waals surface area contributed by atoms with Crippen LogP contribution in [-0.2, 0) is 22.5 Å². The summed E-state index contributed by atoms with van der Waals surface area (Å²) in [6.45, 7) is 18.9. The summed E-state index contributed by atoms with van der Waals surface area (Å²) < 4.78 is 29.1. The van der Waals surface area contributed by atoms with Gasteiger partial charge in [-0.2, -0.15) is 0 Å². The molecule has 13 heteroatoms. The molecule has 0 radical (unpaired) electrons. The number of rotatable bonds is 6. The monoisotopic (exact) mass is 551 g/mol. The van der Waals surface area contributed by atoms with Crippen LogP contribution in [0.2, 0.25) is 22.2 Å². The number of aliphatic hydroxyl groups excluding tert-OH is 1. The molecule has 4 atom stereocenters. The Balaban J connectivity index is 1.76. The Hall–Kier alpha value is -1.75. The number of carbonyl (C=O) groups excluding carboxylic acids is 1. The van der Waals surface area contributed by atoms with Gasteiger partial charge in [-0.1, -0.05) is 55.4 Å². The van der Waals surface area contributed by atoms with Gasteiger partial charge in [0.25, 0.3) is 0 Å². The van der Waals surface area contributed by atoms with Gasteiger partial charge >= 0.3 is 17.1 Å². The summed E-state index contributed by atoms with van der Waals surface area (Å²) in [6.07, 6.45) is -0.0444. The fraction of sp³-hybridized carbons (Fsp3) is 0.750. The molecule has 0 saturated carbocycles. The quantitative estimate of drug-likeness (QED) is 0.512. The molecule has 1 amide bonds. The standard InChI is InChI=1S/C24H41N5O6Si2/c1-13(2)36(14(3)4)32-10-18-21(34-37(35-36,15(5)6)16(7)8)20(31)24(33-18)29-12-27-19-22(28-17(9)30)25-11-26-23(19)29/h11-16,18,20-21,24,31H,10H2,1-9H3,(H,25,26,28,30)/t18-,20?,21+,24-/m1/s1. The van der Waals surface area contributed by atoms with Crippen LogP contribution in [0.3, 0.4) is 0 Å². The lowest BCUT2D eigenvalue weighted by molar-refractivity contribution is -0.114. The first-order valence-corrected chi connectivity index (χ1v) is 17.1. The molecule has 0 aliphatic carbocycles. The van der Waals surface area contributed by atoms with E-state index < -0.39 is 41.7 Å². The second-order valence-corrected chi connectivity index (χ2v) is 20.2. The van der Waals surface area contributed by atoms with Crippen molar-refractivity contribution in [3.63, 3.8) is 0 Å². The van der Waals surface area contributed by atoms with Crippen LogP contribution < -0.4 is 5.32 Å². The molecule has 2 aromatic rings. The van der Waals surface area contributed by atoms with E-state index >= 15 is 0 Å². The molecular formula is C24H41N5O6Si2. The Morgan fingerprint density at radius 1 is 1.03 bits per heavy atom. The van der Waals surface area contributed by atoms with Gasteiger partial charge in [-0.05, 0) is 22.2 Å². The Morgan fingerprint density at radius 3 is 2.22 bits per heavy atom. The van der Waals surface area contributed by atoms with Crippen molar-refractivity contribution in [3.8, 4) is 0 Å². The molecule has 2 aliphatic rings. The van der Waals surface area contributed by atoms with E-state index in [1.54, 1.807) is 10.9 Å². The maximum atomic E-state index is 11.6. The molecule has 2 fully saturated rings. The molecule has 0 aromatic carbocycles. The molecule has 2 N–H and O–H groups in total. The van der Waals surface area contributed by atoms with E-state index in [9.17, 15) is 9.90 Å². The predicted octanol–water partition coefficient (Wildman–Crippen LogP) is 4.00. The molecule has 4 rings (SSSR count). The number of hydrogen-bond donors (Lipinski definition) is 2. The number of aromatic nitrogens is 4. The largest absolute Gasteiger partial charge is 0.414 e. The lowest BCUT2D eigenvalue weighted by Crippen LogP contribution is -2.65. The van der Waals surface area contributed by atoms with Gasteiger partial charge in [0, 0.05) is 6.92 Å². The average Bonchev–Trinajstić information content (AvgIpc) is 3.34. The minimum Gasteiger partial charge on any atom is -0.414 e. The van der Waals surface area contributed by atoms with E-state index in [1.807, 2.05) is 0 Å². The Kier molecular flexibility index (Phi) is 7.97. The highest BCUT2D eigenvalue weighted by molar-refractivity contribution is 6.84. The first kappa shape index (κ1) is 28.3. The van der Waals surface area contributed by atoms with Crippen LogP contribution >= 0.6 is 0 Å². The Bertz CT molecular complexity index is 1110. The van der Waals surface area contributed by atoms with E-state index in [-0.39, 0.29) is 34.7 Å². The van der Waals surface area contributed by atoms with Gasteiger partial charge in [0.05, 0.1) is 12.9 Å². The van der Waals surface area contributed by atoms with Crippen LogP contribution in [0.1, 0.15) is 68.5 Å². The van der Waals surface area contributed by atoms with Crippen LogP contribution in [0.25, 0.3) is 11.2 Å². The molecule has 2 saturated heterocycles. The zero-order chi connectivity index (χ0) is 27.3. The number of ether oxygens (including phenoxy) is 1. The highest BCUT2D eigenvalue weighted by Gasteiger charge is 2.61. The van der Waals surface area contributed by atoms with Crippen molar-refractivity contribution in [1.82, 2.24) is 19.5 Å². The van der Waals surface area contributed by atoms with Gasteiger partial charge in [-0.3, -0.25) is 9.36 Å². The number of nitrogens with zero attached hydrogens (tertiary/aromatic N) is 4. The number of anilines is 1. The Labute approximate surface area is 220 Å². The van der Waals surface area contributed by atoms with Gasteiger partial charge < -0.3 is 28.1 Å². The number of amides is 1. The summed E-state index contributed by atoms with van der Waals surface area (Å²) in [7, 11) is -5.63. The third-order valence-electron chi connectivity index (χ3n) is 7.57. The first-order chi connectivity index (χ1) is 17.3. The molecule has 2 aromatic heterocycles.